The highest BCUT2D eigenvalue weighted by Crippen LogP contribution is 2.32. The fourth-order valence-electron chi connectivity index (χ4n) is 5.04. The molecule has 1 fully saturated rings. The molecule has 1 aromatic carbocycles. The Labute approximate surface area is 215 Å². The Balaban J connectivity index is 1.48. The van der Waals surface area contributed by atoms with E-state index in [2.05, 4.69) is 15.3 Å². The lowest BCUT2D eigenvalue weighted by Gasteiger charge is -2.28. The van der Waals surface area contributed by atoms with Crippen LogP contribution < -0.4 is 16.6 Å². The molecule has 0 bridgehead atoms. The van der Waals surface area contributed by atoms with Crippen LogP contribution in [-0.4, -0.2) is 32.1 Å². The Hall–Kier alpha value is -3.29. The Kier molecular flexibility index (Phi) is 7.03. The van der Waals surface area contributed by atoms with Gasteiger partial charge in [0.05, 0.1) is 5.69 Å². The van der Waals surface area contributed by atoms with Crippen LogP contribution in [0.15, 0.2) is 53.5 Å². The highest BCUT2D eigenvalue weighted by Gasteiger charge is 2.21. The van der Waals surface area contributed by atoms with Crippen molar-refractivity contribution in [3.63, 3.8) is 0 Å². The Morgan fingerprint density at radius 3 is 2.58 bits per heavy atom. The molecule has 3 aromatic heterocycles. The number of hydrogen-bond donors (Lipinski definition) is 2. The maximum atomic E-state index is 13.5. The van der Waals surface area contributed by atoms with Gasteiger partial charge in [0.1, 0.15) is 5.65 Å². The number of anilines is 1. The smallest absolute Gasteiger partial charge is 0.260 e. The molecule has 1 aliphatic rings. The molecule has 8 heteroatoms. The first-order chi connectivity index (χ1) is 17.5. The summed E-state index contributed by atoms with van der Waals surface area (Å²) in [5.41, 5.74) is 10.2. The van der Waals surface area contributed by atoms with E-state index in [-0.39, 0.29) is 5.56 Å². The number of halogens is 1. The van der Waals surface area contributed by atoms with E-state index in [0.29, 0.717) is 46.2 Å². The van der Waals surface area contributed by atoms with Crippen molar-refractivity contribution < 1.29 is 0 Å². The second-order valence-corrected chi connectivity index (χ2v) is 9.94. The van der Waals surface area contributed by atoms with E-state index in [4.69, 9.17) is 22.3 Å². The Bertz CT molecular complexity index is 1460. The number of aryl methyl sites for hydroxylation is 2. The summed E-state index contributed by atoms with van der Waals surface area (Å²) < 4.78 is 1.69. The van der Waals surface area contributed by atoms with Crippen LogP contribution in [0.25, 0.3) is 33.4 Å². The lowest BCUT2D eigenvalue weighted by molar-refractivity contribution is 0.344. The van der Waals surface area contributed by atoms with Crippen LogP contribution in [0.4, 0.5) is 5.95 Å². The van der Waals surface area contributed by atoms with E-state index in [0.717, 1.165) is 54.6 Å². The van der Waals surface area contributed by atoms with Crippen molar-refractivity contribution in [2.75, 3.05) is 11.9 Å². The predicted octanol–water partition coefficient (Wildman–Crippen LogP) is 5.43. The minimum atomic E-state index is -0.124. The molecule has 0 atom stereocenters. The molecule has 0 radical (unpaired) electrons. The molecule has 0 aliphatic heterocycles. The lowest BCUT2D eigenvalue weighted by atomic mass is 9.86. The van der Waals surface area contributed by atoms with Gasteiger partial charge in [0.15, 0.2) is 0 Å². The van der Waals surface area contributed by atoms with Gasteiger partial charge in [-0.1, -0.05) is 29.8 Å². The first-order valence-corrected chi connectivity index (χ1v) is 13.0. The second kappa shape index (κ2) is 10.4. The second-order valence-electron chi connectivity index (χ2n) is 9.54. The van der Waals surface area contributed by atoms with Gasteiger partial charge in [-0.05, 0) is 76.3 Å². The fourth-order valence-corrected chi connectivity index (χ4v) is 5.32. The minimum absolute atomic E-state index is 0.124. The summed E-state index contributed by atoms with van der Waals surface area (Å²) in [6, 6.07) is 13.7. The maximum absolute atomic E-state index is 13.5. The molecule has 1 saturated carbocycles. The SMILES string of the molecule is CCn1c(=O)c(-c2ccc(-c3cccc(C)n3)cc2Cl)cc2cnc(NC3CCC(CN)CC3)nc21. The third-order valence-corrected chi connectivity index (χ3v) is 7.41. The van der Waals surface area contributed by atoms with Crippen LogP contribution in [0.1, 0.15) is 38.3 Å². The summed E-state index contributed by atoms with van der Waals surface area (Å²) in [6.45, 7) is 5.14. The fraction of sp³-hybridized carbons (Fsp3) is 0.357. The Morgan fingerprint density at radius 1 is 1.08 bits per heavy atom. The van der Waals surface area contributed by atoms with E-state index in [1.807, 2.05) is 56.3 Å². The van der Waals surface area contributed by atoms with Crippen molar-refractivity contribution in [2.45, 2.75) is 52.1 Å². The summed E-state index contributed by atoms with van der Waals surface area (Å²) in [6.07, 6.45) is 6.11. The largest absolute Gasteiger partial charge is 0.351 e. The molecule has 3 N–H and O–H groups in total. The third kappa shape index (κ3) is 4.86. The number of hydrogen-bond acceptors (Lipinski definition) is 6. The number of nitrogens with zero attached hydrogens (tertiary/aromatic N) is 4. The van der Waals surface area contributed by atoms with Crippen molar-refractivity contribution in [3.8, 4) is 22.4 Å². The third-order valence-electron chi connectivity index (χ3n) is 7.10. The minimum Gasteiger partial charge on any atom is -0.351 e. The zero-order chi connectivity index (χ0) is 25.2. The summed E-state index contributed by atoms with van der Waals surface area (Å²) in [5, 5.41) is 4.76. The van der Waals surface area contributed by atoms with Gasteiger partial charge in [-0.25, -0.2) is 4.98 Å². The molecular weight excluding hydrogens is 472 g/mol. The van der Waals surface area contributed by atoms with E-state index >= 15 is 0 Å². The molecule has 4 aromatic rings. The van der Waals surface area contributed by atoms with E-state index in [9.17, 15) is 4.79 Å². The molecule has 0 unspecified atom stereocenters. The van der Waals surface area contributed by atoms with Crippen LogP contribution in [0.2, 0.25) is 5.02 Å². The van der Waals surface area contributed by atoms with Crippen LogP contribution in [0.3, 0.4) is 0 Å². The molecule has 0 saturated heterocycles. The van der Waals surface area contributed by atoms with Gasteiger partial charge in [-0.15, -0.1) is 0 Å². The van der Waals surface area contributed by atoms with Gasteiger partial charge < -0.3 is 11.1 Å². The number of pyridine rings is 2. The number of aromatic nitrogens is 4. The van der Waals surface area contributed by atoms with Crippen LogP contribution in [0, 0.1) is 12.8 Å². The normalized spacial score (nSPS) is 17.9. The van der Waals surface area contributed by atoms with Crippen LogP contribution in [-0.2, 0) is 6.54 Å². The van der Waals surface area contributed by atoms with Gasteiger partial charge in [0.2, 0.25) is 5.95 Å². The van der Waals surface area contributed by atoms with Gasteiger partial charge in [-0.2, -0.15) is 4.98 Å². The van der Waals surface area contributed by atoms with Gasteiger partial charge in [0.25, 0.3) is 5.56 Å². The number of nitrogens with two attached hydrogens (primary N) is 1. The van der Waals surface area contributed by atoms with Crippen LogP contribution >= 0.6 is 11.6 Å². The number of rotatable bonds is 6. The van der Waals surface area contributed by atoms with Crippen molar-refractivity contribution in [1.29, 1.82) is 0 Å². The zero-order valence-corrected chi connectivity index (χ0v) is 21.4. The Morgan fingerprint density at radius 2 is 1.89 bits per heavy atom. The van der Waals surface area contributed by atoms with E-state index in [1.165, 1.54) is 0 Å². The van der Waals surface area contributed by atoms with Crippen LogP contribution in [0.5, 0.6) is 0 Å². The quantitative estimate of drug-likeness (QED) is 0.364. The summed E-state index contributed by atoms with van der Waals surface area (Å²) in [5.74, 6) is 1.17. The average molecular weight is 503 g/mol. The molecule has 1 aliphatic carbocycles. The summed E-state index contributed by atoms with van der Waals surface area (Å²) in [4.78, 5) is 27.4. The van der Waals surface area contributed by atoms with Gasteiger partial charge in [0, 0.05) is 51.6 Å². The topological polar surface area (TPSA) is 98.7 Å². The molecule has 0 amide bonds. The monoisotopic (exact) mass is 502 g/mol. The standard InChI is InChI=1S/C28H31ClN6O/c1-3-35-26-20(16-31-28(34-26)33-21-10-7-18(15-30)8-11-21)13-23(27(35)36)22-12-9-19(14-24(22)29)25-6-4-5-17(2)32-25/h4-6,9,12-14,16,18,21H,3,7-8,10-11,15,30H2,1-2H3,(H,31,33,34). The molecule has 3 heterocycles. The first kappa shape index (κ1) is 24.4. The van der Waals surface area contributed by atoms with Crippen molar-refractivity contribution >= 4 is 28.6 Å². The number of fused-ring (bicyclic) bond motifs is 1. The van der Waals surface area contributed by atoms with Crippen molar-refractivity contribution in [2.24, 2.45) is 11.7 Å². The molecule has 36 heavy (non-hydrogen) atoms. The molecule has 7 nitrogen and oxygen atoms in total. The number of nitrogens with one attached hydrogen (secondary N) is 1. The van der Waals surface area contributed by atoms with E-state index < -0.39 is 0 Å². The number of benzene rings is 1. The van der Waals surface area contributed by atoms with Gasteiger partial charge in [-0.3, -0.25) is 14.3 Å². The molecule has 0 spiro atoms. The molecule has 5 rings (SSSR count). The predicted molar refractivity (Wildman–Crippen MR) is 146 cm³/mol. The van der Waals surface area contributed by atoms with Gasteiger partial charge >= 0.3 is 0 Å². The highest BCUT2D eigenvalue weighted by molar-refractivity contribution is 6.33. The highest BCUT2D eigenvalue weighted by atomic mass is 35.5. The maximum Gasteiger partial charge on any atom is 0.260 e. The molecule has 186 valence electrons. The van der Waals surface area contributed by atoms with E-state index in [1.54, 1.807) is 10.8 Å². The van der Waals surface area contributed by atoms with Crippen molar-refractivity contribution in [3.05, 3.63) is 69.7 Å². The van der Waals surface area contributed by atoms with Crippen molar-refractivity contribution in [1.82, 2.24) is 19.5 Å². The lowest BCUT2D eigenvalue weighted by Crippen LogP contribution is -2.30. The average Bonchev–Trinajstić information content (AvgIpc) is 2.89. The summed E-state index contributed by atoms with van der Waals surface area (Å²) in [7, 11) is 0. The first-order valence-electron chi connectivity index (χ1n) is 12.6. The summed E-state index contributed by atoms with van der Waals surface area (Å²) >= 11 is 6.70. The zero-order valence-electron chi connectivity index (χ0n) is 20.7. The molecular formula is C28H31ClN6O.